The van der Waals surface area contributed by atoms with Crippen molar-refractivity contribution in [2.45, 2.75) is 43.1 Å². The Labute approximate surface area is 173 Å². The quantitative estimate of drug-likeness (QED) is 0.422. The maximum Gasteiger partial charge on any atom is -1.00 e. The third kappa shape index (κ3) is 4.37. The monoisotopic (exact) mass is 422 g/mol. The molecule has 0 aromatic heterocycles. The SMILES string of the molecule is CC[Si](CC)(c1ccccc1)[C]1([Ti+3])C=CC=C1C(C)C.[Cl-].[Cl-].[Cl-]. The number of benzene rings is 1. The second kappa shape index (κ2) is 10.5. The molecule has 1 atom stereocenters. The van der Waals surface area contributed by atoms with Crippen molar-refractivity contribution in [3.8, 4) is 0 Å². The van der Waals surface area contributed by atoms with Crippen LogP contribution in [0.2, 0.25) is 15.4 Å². The normalized spacial score (nSPS) is 19.5. The van der Waals surface area contributed by atoms with E-state index in [1.165, 1.54) is 12.1 Å². The summed E-state index contributed by atoms with van der Waals surface area (Å²) in [4.78, 5) is 0. The van der Waals surface area contributed by atoms with Crippen molar-refractivity contribution in [2.75, 3.05) is 0 Å². The van der Waals surface area contributed by atoms with Gasteiger partial charge in [0.05, 0.1) is 0 Å². The van der Waals surface area contributed by atoms with E-state index >= 15 is 0 Å². The largest absolute Gasteiger partial charge is 1.00 e. The molecule has 0 saturated carbocycles. The molecular weight excluding hydrogens is 399 g/mol. The summed E-state index contributed by atoms with van der Waals surface area (Å²) >= 11 is 2.49. The first-order valence-corrected chi connectivity index (χ1v) is 10.9. The molecule has 0 radical (unpaired) electrons. The molecule has 0 fully saturated rings. The molecule has 126 valence electrons. The Kier molecular flexibility index (Phi) is 11.7. The van der Waals surface area contributed by atoms with E-state index in [0.717, 1.165) is 0 Å². The van der Waals surface area contributed by atoms with Gasteiger partial charge in [-0.2, -0.15) is 0 Å². The van der Waals surface area contributed by atoms with Gasteiger partial charge in [-0.25, -0.2) is 0 Å². The molecule has 1 aliphatic carbocycles. The average molecular weight is 424 g/mol. The minimum atomic E-state index is -1.59. The smallest absolute Gasteiger partial charge is 1.00 e. The van der Waals surface area contributed by atoms with Gasteiger partial charge in [-0.05, 0) is 0 Å². The zero-order valence-electron chi connectivity index (χ0n) is 14.2. The molecule has 1 aromatic rings. The van der Waals surface area contributed by atoms with E-state index in [9.17, 15) is 0 Å². The first kappa shape index (κ1) is 25.7. The van der Waals surface area contributed by atoms with Crippen LogP contribution < -0.4 is 42.4 Å². The van der Waals surface area contributed by atoms with Crippen LogP contribution in [0.25, 0.3) is 0 Å². The van der Waals surface area contributed by atoms with Gasteiger partial charge < -0.3 is 37.2 Å². The van der Waals surface area contributed by atoms with E-state index in [1.54, 1.807) is 10.8 Å². The third-order valence-corrected chi connectivity index (χ3v) is 13.8. The Morgan fingerprint density at radius 2 is 1.52 bits per heavy atom. The number of hydrogen-bond donors (Lipinski definition) is 0. The standard InChI is InChI=1S/C18H25Si.3ClH.Ti/c1-5-19(6-2,16-11-8-7-9-12-16)18-14-10-13-17(18)15(3)4;;;;/h7-15H,5-6H2,1-4H3;3*1H;/q;;;;+3/p-3. The first-order chi connectivity index (χ1) is 9.52. The maximum atomic E-state index is 2.49. The molecule has 1 unspecified atom stereocenters. The van der Waals surface area contributed by atoms with Crippen LogP contribution in [0, 0.1) is 5.92 Å². The van der Waals surface area contributed by atoms with Crippen molar-refractivity contribution in [2.24, 2.45) is 5.92 Å². The van der Waals surface area contributed by atoms with Gasteiger partial charge in [-0.1, -0.05) is 0 Å². The third-order valence-electron chi connectivity index (χ3n) is 4.99. The van der Waals surface area contributed by atoms with Crippen LogP contribution in [-0.4, -0.2) is 8.07 Å². The van der Waals surface area contributed by atoms with Crippen molar-refractivity contribution in [3.63, 3.8) is 0 Å². The van der Waals surface area contributed by atoms with Crippen LogP contribution >= 0.6 is 0 Å². The Hall–Kier alpha value is 0.501. The molecule has 0 amide bonds. The van der Waals surface area contributed by atoms with Crippen molar-refractivity contribution >= 4 is 13.3 Å². The second-order valence-corrected chi connectivity index (χ2v) is 13.1. The molecule has 0 spiro atoms. The van der Waals surface area contributed by atoms with Gasteiger partial charge in [0.25, 0.3) is 0 Å². The molecule has 0 nitrogen and oxygen atoms in total. The first-order valence-electron chi connectivity index (χ1n) is 7.72. The Bertz CT molecular complexity index is 524. The molecule has 0 aliphatic heterocycles. The van der Waals surface area contributed by atoms with Crippen molar-refractivity contribution in [1.82, 2.24) is 0 Å². The molecule has 5 heteroatoms. The van der Waals surface area contributed by atoms with E-state index in [1.807, 2.05) is 0 Å². The molecule has 0 N–H and O–H groups in total. The van der Waals surface area contributed by atoms with Gasteiger partial charge >= 0.3 is 137 Å². The molecule has 0 heterocycles. The summed E-state index contributed by atoms with van der Waals surface area (Å²) in [5.41, 5.74) is 1.64. The predicted molar refractivity (Wildman–Crippen MR) is 87.5 cm³/mol. The fraction of sp³-hybridized carbons (Fsp3) is 0.444. The van der Waals surface area contributed by atoms with Crippen molar-refractivity contribution in [3.05, 3.63) is 54.1 Å². The minimum Gasteiger partial charge on any atom is -1.00 e. The van der Waals surface area contributed by atoms with Crippen LogP contribution in [0.4, 0.5) is 0 Å². The number of rotatable bonds is 5. The van der Waals surface area contributed by atoms with E-state index in [0.29, 0.717) is 5.92 Å². The van der Waals surface area contributed by atoms with Gasteiger partial charge in [-0.3, -0.25) is 0 Å². The predicted octanol–water partition coefficient (Wildman–Crippen LogP) is -4.21. The molecule has 2 rings (SSSR count). The van der Waals surface area contributed by atoms with E-state index in [-0.39, 0.29) is 40.6 Å². The van der Waals surface area contributed by atoms with Crippen LogP contribution in [0.5, 0.6) is 0 Å². The average Bonchev–Trinajstić information content (AvgIpc) is 2.85. The van der Waals surface area contributed by atoms with Gasteiger partial charge in [0.2, 0.25) is 0 Å². The molecule has 0 bridgehead atoms. The fourth-order valence-corrected chi connectivity index (χ4v) is 11.9. The van der Waals surface area contributed by atoms with E-state index in [4.69, 9.17) is 0 Å². The molecule has 0 saturated heterocycles. The molecule has 1 aliphatic rings. The number of allylic oxidation sites excluding steroid dienone is 4. The van der Waals surface area contributed by atoms with Gasteiger partial charge in [-0.15, -0.1) is 0 Å². The van der Waals surface area contributed by atoms with Crippen LogP contribution in [0.1, 0.15) is 27.7 Å². The van der Waals surface area contributed by atoms with Gasteiger partial charge in [0, 0.05) is 0 Å². The van der Waals surface area contributed by atoms with Gasteiger partial charge in [0.15, 0.2) is 0 Å². The Morgan fingerprint density at radius 1 is 1.00 bits per heavy atom. The zero-order valence-corrected chi connectivity index (χ0v) is 19.1. The zero-order chi connectivity index (χ0) is 14.8. The van der Waals surface area contributed by atoms with Crippen LogP contribution in [0.3, 0.4) is 0 Å². The fourth-order valence-electron chi connectivity index (χ4n) is 3.81. The minimum absolute atomic E-state index is 0. The summed E-state index contributed by atoms with van der Waals surface area (Å²) in [5.74, 6) is 0.628. The van der Waals surface area contributed by atoms with E-state index in [2.05, 4.69) is 96.7 Å². The van der Waals surface area contributed by atoms with Crippen LogP contribution in [0.15, 0.2) is 54.1 Å². The number of halogens is 3. The van der Waals surface area contributed by atoms with Crippen molar-refractivity contribution < 1.29 is 57.7 Å². The summed E-state index contributed by atoms with van der Waals surface area (Å²) in [5, 5.41) is 1.62. The topological polar surface area (TPSA) is 0 Å². The summed E-state index contributed by atoms with van der Waals surface area (Å²) in [6, 6.07) is 13.9. The summed E-state index contributed by atoms with van der Waals surface area (Å²) in [6.07, 6.45) is 7.17. The summed E-state index contributed by atoms with van der Waals surface area (Å²) in [6.45, 7) is 9.48. The summed E-state index contributed by atoms with van der Waals surface area (Å²) < 4.78 is 0.270. The molecule has 23 heavy (non-hydrogen) atoms. The van der Waals surface area contributed by atoms with E-state index < -0.39 is 8.07 Å². The maximum absolute atomic E-state index is 2.49. The van der Waals surface area contributed by atoms with Crippen molar-refractivity contribution in [1.29, 1.82) is 0 Å². The van der Waals surface area contributed by atoms with Crippen LogP contribution in [-0.2, 0) is 20.4 Å². The summed E-state index contributed by atoms with van der Waals surface area (Å²) in [7, 11) is -1.59. The second-order valence-electron chi connectivity index (χ2n) is 6.10. The number of hydrogen-bond acceptors (Lipinski definition) is 0. The molecular formula is C18H25Cl3SiTi. The Balaban J connectivity index is 0. The Morgan fingerprint density at radius 3 is 1.96 bits per heavy atom. The molecule has 1 aromatic carbocycles. The van der Waals surface area contributed by atoms with Gasteiger partial charge in [0.1, 0.15) is 0 Å².